The topological polar surface area (TPSA) is 100 Å². The zero-order valence-corrected chi connectivity index (χ0v) is 19.1. The first-order valence-corrected chi connectivity index (χ1v) is 10.4. The molecule has 3 rings (SSSR count). The molecule has 0 atom stereocenters. The highest BCUT2D eigenvalue weighted by molar-refractivity contribution is 6.44. The molecule has 0 bridgehead atoms. The van der Waals surface area contributed by atoms with E-state index in [2.05, 4.69) is 16.6 Å². The summed E-state index contributed by atoms with van der Waals surface area (Å²) in [6.07, 6.45) is 0.453. The minimum Gasteiger partial charge on any atom is -0.393 e. The fraction of sp³-hybridized carbons (Fsp3) is 0.375. The van der Waals surface area contributed by atoms with E-state index in [1.165, 1.54) is 37.6 Å². The van der Waals surface area contributed by atoms with Crippen LogP contribution in [0, 0.1) is 33.1 Å². The van der Waals surface area contributed by atoms with E-state index in [9.17, 15) is 32.7 Å². The molecular formula is C24H24F3N3O4. The van der Waals surface area contributed by atoms with Crippen molar-refractivity contribution in [3.05, 3.63) is 51.8 Å². The summed E-state index contributed by atoms with van der Waals surface area (Å²) in [5.41, 5.74) is -1.49. The van der Waals surface area contributed by atoms with E-state index in [-0.39, 0.29) is 40.9 Å². The molecule has 34 heavy (non-hydrogen) atoms. The van der Waals surface area contributed by atoms with Gasteiger partial charge in [0.2, 0.25) is 0 Å². The molecule has 7 nitrogen and oxygen atoms in total. The number of anilines is 1. The van der Waals surface area contributed by atoms with Gasteiger partial charge in [-0.25, -0.2) is 0 Å². The van der Waals surface area contributed by atoms with Crippen LogP contribution in [-0.4, -0.2) is 38.9 Å². The number of aryl methyl sites for hydroxylation is 1. The SMILES string of the molecule is C#CC1(NC(=O)C(=O)c2c(C)c(C(=O)Nc3ccc(C)c(C(F)(F)F)c3)n(C)c2C)CC(O)C1. The molecule has 2 aromatic rings. The third kappa shape index (κ3) is 4.43. The molecule has 10 heteroatoms. The van der Waals surface area contributed by atoms with Crippen LogP contribution in [-0.2, 0) is 18.0 Å². The molecule has 3 N–H and O–H groups in total. The first kappa shape index (κ1) is 25.1. The number of carbonyl (C=O) groups excluding carboxylic acids is 3. The lowest BCUT2D eigenvalue weighted by Crippen LogP contribution is -2.59. The highest BCUT2D eigenvalue weighted by Crippen LogP contribution is 2.34. The maximum atomic E-state index is 13.2. The summed E-state index contributed by atoms with van der Waals surface area (Å²) in [4.78, 5) is 38.5. The zero-order valence-electron chi connectivity index (χ0n) is 19.1. The van der Waals surface area contributed by atoms with Crippen LogP contribution in [0.25, 0.3) is 0 Å². The Bertz CT molecular complexity index is 1230. The average Bonchev–Trinajstić information content (AvgIpc) is 2.94. The number of Topliss-reactive ketones (excluding diaryl/α,β-unsaturated/α-hetero) is 1. The first-order chi connectivity index (χ1) is 15.7. The van der Waals surface area contributed by atoms with Gasteiger partial charge in [-0.3, -0.25) is 14.4 Å². The third-order valence-electron chi connectivity index (χ3n) is 6.18. The molecule has 1 aromatic carbocycles. The average molecular weight is 475 g/mol. The minimum absolute atomic E-state index is 0.00270. The number of aliphatic hydroxyl groups excluding tert-OH is 1. The minimum atomic E-state index is -4.58. The van der Waals surface area contributed by atoms with E-state index in [4.69, 9.17) is 6.42 Å². The van der Waals surface area contributed by atoms with Crippen LogP contribution in [0.2, 0.25) is 0 Å². The molecule has 1 fully saturated rings. The number of hydrogen-bond acceptors (Lipinski definition) is 4. The number of aromatic nitrogens is 1. The van der Waals surface area contributed by atoms with Gasteiger partial charge in [0.25, 0.3) is 17.6 Å². The second kappa shape index (κ2) is 8.65. The van der Waals surface area contributed by atoms with Crippen molar-refractivity contribution in [3.63, 3.8) is 0 Å². The summed E-state index contributed by atoms with van der Waals surface area (Å²) in [6.45, 7) is 4.33. The molecule has 0 aliphatic heterocycles. The summed E-state index contributed by atoms with van der Waals surface area (Å²) in [5, 5.41) is 14.4. The lowest BCUT2D eigenvalue weighted by molar-refractivity contribution is -0.138. The number of nitrogens with one attached hydrogen (secondary N) is 2. The van der Waals surface area contributed by atoms with Crippen LogP contribution in [0.5, 0.6) is 0 Å². The van der Waals surface area contributed by atoms with E-state index >= 15 is 0 Å². The van der Waals surface area contributed by atoms with Gasteiger partial charge in [-0.2, -0.15) is 13.2 Å². The van der Waals surface area contributed by atoms with Crippen LogP contribution < -0.4 is 10.6 Å². The molecule has 0 radical (unpaired) electrons. The normalized spacial score (nSPS) is 19.7. The van der Waals surface area contributed by atoms with E-state index in [0.717, 1.165) is 6.07 Å². The number of amides is 2. The van der Waals surface area contributed by atoms with Crippen LogP contribution in [0.3, 0.4) is 0 Å². The molecule has 180 valence electrons. The number of ketones is 1. The van der Waals surface area contributed by atoms with Crippen molar-refractivity contribution in [2.45, 2.75) is 51.4 Å². The molecule has 2 amide bonds. The summed E-state index contributed by atoms with van der Waals surface area (Å²) in [6, 6.07) is 3.43. The smallest absolute Gasteiger partial charge is 0.393 e. The van der Waals surface area contributed by atoms with Crippen LogP contribution >= 0.6 is 0 Å². The second-order valence-corrected chi connectivity index (χ2v) is 8.55. The molecule has 1 saturated carbocycles. The van der Waals surface area contributed by atoms with Crippen molar-refractivity contribution in [2.24, 2.45) is 7.05 Å². The van der Waals surface area contributed by atoms with Gasteiger partial charge >= 0.3 is 6.18 Å². The predicted molar refractivity (Wildman–Crippen MR) is 118 cm³/mol. The highest BCUT2D eigenvalue weighted by atomic mass is 19.4. The zero-order chi connectivity index (χ0) is 25.6. The fourth-order valence-corrected chi connectivity index (χ4v) is 4.22. The van der Waals surface area contributed by atoms with Crippen molar-refractivity contribution in [2.75, 3.05) is 5.32 Å². The number of hydrogen-bond donors (Lipinski definition) is 3. The van der Waals surface area contributed by atoms with E-state index in [1.54, 1.807) is 6.92 Å². The standard InChI is InChI=1S/C24H24F3N3O4/c1-6-23(10-16(31)11-23)29-22(34)20(32)18-13(3)19(30(5)14(18)4)21(33)28-15-8-7-12(2)17(9-15)24(25,26)27/h1,7-9,16,31H,10-11H2,2-5H3,(H,28,33)(H,29,34). The first-order valence-electron chi connectivity index (χ1n) is 10.4. The van der Waals surface area contributed by atoms with Gasteiger partial charge in [0, 0.05) is 31.3 Å². The monoisotopic (exact) mass is 475 g/mol. The van der Waals surface area contributed by atoms with Gasteiger partial charge in [-0.15, -0.1) is 6.42 Å². The maximum Gasteiger partial charge on any atom is 0.416 e. The van der Waals surface area contributed by atoms with Crippen molar-refractivity contribution in [1.82, 2.24) is 9.88 Å². The third-order valence-corrected chi connectivity index (χ3v) is 6.18. The number of rotatable bonds is 5. The lowest BCUT2D eigenvalue weighted by atomic mass is 9.75. The van der Waals surface area contributed by atoms with E-state index in [0.29, 0.717) is 5.69 Å². The number of benzene rings is 1. The van der Waals surface area contributed by atoms with Crippen molar-refractivity contribution < 1.29 is 32.7 Å². The largest absolute Gasteiger partial charge is 0.416 e. The Morgan fingerprint density at radius 1 is 1.21 bits per heavy atom. The lowest BCUT2D eigenvalue weighted by Gasteiger charge is -2.41. The number of terminal acetylenes is 1. The Balaban J connectivity index is 1.88. The van der Waals surface area contributed by atoms with Gasteiger partial charge in [0.05, 0.1) is 17.2 Å². The predicted octanol–water partition coefficient (Wildman–Crippen LogP) is 3.05. The van der Waals surface area contributed by atoms with Gasteiger partial charge < -0.3 is 20.3 Å². The van der Waals surface area contributed by atoms with Crippen LogP contribution in [0.4, 0.5) is 18.9 Å². The van der Waals surface area contributed by atoms with Gasteiger partial charge in [-0.05, 0) is 44.0 Å². The molecule has 1 aliphatic rings. The molecule has 1 aliphatic carbocycles. The van der Waals surface area contributed by atoms with Crippen molar-refractivity contribution >= 4 is 23.3 Å². The number of alkyl halides is 3. The van der Waals surface area contributed by atoms with E-state index < -0.39 is 41.0 Å². The molecule has 0 spiro atoms. The molecule has 1 heterocycles. The summed E-state index contributed by atoms with van der Waals surface area (Å²) >= 11 is 0. The maximum absolute atomic E-state index is 13.2. The molecule has 0 saturated heterocycles. The number of nitrogens with zero attached hydrogens (tertiary/aromatic N) is 1. The van der Waals surface area contributed by atoms with Crippen molar-refractivity contribution in [1.29, 1.82) is 0 Å². The van der Waals surface area contributed by atoms with Gasteiger partial charge in [0.15, 0.2) is 0 Å². The van der Waals surface area contributed by atoms with Crippen LogP contribution in [0.1, 0.15) is 56.1 Å². The Hall–Kier alpha value is -3.58. The quantitative estimate of drug-likeness (QED) is 0.352. The van der Waals surface area contributed by atoms with Gasteiger partial charge in [-0.1, -0.05) is 12.0 Å². The Labute approximate surface area is 194 Å². The summed E-state index contributed by atoms with van der Waals surface area (Å²) < 4.78 is 41.0. The summed E-state index contributed by atoms with van der Waals surface area (Å²) in [5.74, 6) is -0.213. The molecule has 0 unspecified atom stereocenters. The Morgan fingerprint density at radius 2 is 1.82 bits per heavy atom. The van der Waals surface area contributed by atoms with E-state index in [1.807, 2.05) is 0 Å². The van der Waals surface area contributed by atoms with Gasteiger partial charge in [0.1, 0.15) is 11.2 Å². The highest BCUT2D eigenvalue weighted by Gasteiger charge is 2.44. The van der Waals surface area contributed by atoms with Crippen LogP contribution in [0.15, 0.2) is 18.2 Å². The Morgan fingerprint density at radius 3 is 2.35 bits per heavy atom. The molecular weight excluding hydrogens is 451 g/mol. The number of aliphatic hydroxyl groups is 1. The molecule has 1 aromatic heterocycles. The number of carbonyl (C=O) groups is 3. The Kier molecular flexibility index (Phi) is 6.37. The van der Waals surface area contributed by atoms with Crippen molar-refractivity contribution in [3.8, 4) is 12.3 Å². The second-order valence-electron chi connectivity index (χ2n) is 8.55. The number of halogens is 3. The summed E-state index contributed by atoms with van der Waals surface area (Å²) in [7, 11) is 1.51. The fourth-order valence-electron chi connectivity index (χ4n) is 4.22.